The molecule has 2 aliphatic carbocycles. The van der Waals surface area contributed by atoms with E-state index in [0.29, 0.717) is 11.3 Å². The van der Waals surface area contributed by atoms with Gasteiger partial charge in [-0.25, -0.2) is 9.67 Å². The topological polar surface area (TPSA) is 42.7 Å². The van der Waals surface area contributed by atoms with Crippen LogP contribution in [0, 0.1) is 23.2 Å². The zero-order chi connectivity index (χ0) is 14.2. The lowest BCUT2D eigenvalue weighted by Gasteiger charge is -2.37. The first-order chi connectivity index (χ1) is 9.63. The Morgan fingerprint density at radius 2 is 2.30 bits per heavy atom. The first kappa shape index (κ1) is 14.1. The molecule has 1 aromatic rings. The van der Waals surface area contributed by atoms with Crippen LogP contribution in [0.5, 0.6) is 0 Å². The Balaban J connectivity index is 1.79. The maximum atomic E-state index is 4.57. The Morgan fingerprint density at radius 1 is 1.45 bits per heavy atom. The van der Waals surface area contributed by atoms with Crippen LogP contribution in [0.1, 0.15) is 45.4 Å². The van der Waals surface area contributed by atoms with Crippen molar-refractivity contribution in [3.05, 3.63) is 12.2 Å². The van der Waals surface area contributed by atoms with E-state index in [1.165, 1.54) is 31.5 Å². The molecule has 2 bridgehead atoms. The average Bonchev–Trinajstić information content (AvgIpc) is 3.06. The van der Waals surface area contributed by atoms with Gasteiger partial charge in [-0.3, -0.25) is 0 Å². The van der Waals surface area contributed by atoms with Gasteiger partial charge in [-0.15, -0.1) is 0 Å². The molecule has 3 atom stereocenters. The molecule has 1 N–H and O–H groups in total. The second kappa shape index (κ2) is 5.47. The van der Waals surface area contributed by atoms with Crippen LogP contribution in [-0.2, 0) is 13.0 Å². The number of hydrogen-bond donors (Lipinski definition) is 1. The van der Waals surface area contributed by atoms with E-state index in [1.54, 1.807) is 6.33 Å². The summed E-state index contributed by atoms with van der Waals surface area (Å²) in [7, 11) is 2.09. The quantitative estimate of drug-likeness (QED) is 0.868. The maximum absolute atomic E-state index is 4.57. The van der Waals surface area contributed by atoms with Crippen LogP contribution in [0.15, 0.2) is 6.33 Å². The molecule has 2 fully saturated rings. The molecular weight excluding hydrogens is 248 g/mol. The van der Waals surface area contributed by atoms with Gasteiger partial charge in [-0.2, -0.15) is 5.10 Å². The highest BCUT2D eigenvalue weighted by Crippen LogP contribution is 2.56. The summed E-state index contributed by atoms with van der Waals surface area (Å²) in [5, 5.41) is 7.89. The van der Waals surface area contributed by atoms with Crippen molar-refractivity contribution >= 4 is 0 Å². The molecule has 0 saturated heterocycles. The van der Waals surface area contributed by atoms with Crippen molar-refractivity contribution in [1.29, 1.82) is 0 Å². The SMILES string of the molecule is CNCC1(Cc2ncnn2CC(C)C)CC2CCC1C2. The van der Waals surface area contributed by atoms with Crippen LogP contribution in [0.25, 0.3) is 0 Å². The predicted octanol–water partition coefficient (Wildman–Crippen LogP) is 2.50. The first-order valence-corrected chi connectivity index (χ1v) is 8.14. The minimum atomic E-state index is 0.430. The molecule has 4 nitrogen and oxygen atoms in total. The molecule has 0 spiro atoms. The number of fused-ring (bicyclic) bond motifs is 2. The average molecular weight is 276 g/mol. The number of aromatic nitrogens is 3. The minimum Gasteiger partial charge on any atom is -0.319 e. The Bertz CT molecular complexity index is 453. The van der Waals surface area contributed by atoms with Crippen molar-refractivity contribution < 1.29 is 0 Å². The lowest BCUT2D eigenvalue weighted by molar-refractivity contribution is 0.154. The molecule has 2 aliphatic rings. The normalized spacial score (nSPS) is 32.4. The highest BCUT2D eigenvalue weighted by molar-refractivity contribution is 5.06. The van der Waals surface area contributed by atoms with Crippen molar-refractivity contribution in [2.75, 3.05) is 13.6 Å². The molecule has 20 heavy (non-hydrogen) atoms. The zero-order valence-corrected chi connectivity index (χ0v) is 13.1. The highest BCUT2D eigenvalue weighted by Gasteiger charge is 2.50. The maximum Gasteiger partial charge on any atom is 0.138 e. The Hall–Kier alpha value is -0.900. The molecule has 3 unspecified atom stereocenters. The number of nitrogens with zero attached hydrogens (tertiary/aromatic N) is 3. The van der Waals surface area contributed by atoms with E-state index in [4.69, 9.17) is 0 Å². The number of rotatable bonds is 6. The van der Waals surface area contributed by atoms with Gasteiger partial charge >= 0.3 is 0 Å². The van der Waals surface area contributed by atoms with Gasteiger partial charge in [0.2, 0.25) is 0 Å². The monoisotopic (exact) mass is 276 g/mol. The number of nitrogens with one attached hydrogen (secondary N) is 1. The van der Waals surface area contributed by atoms with Crippen molar-refractivity contribution in [2.45, 2.75) is 52.5 Å². The van der Waals surface area contributed by atoms with Crippen LogP contribution in [0.3, 0.4) is 0 Å². The largest absolute Gasteiger partial charge is 0.319 e. The standard InChI is InChI=1S/C16H28N4/c1-12(2)9-20-15(18-11-19-20)8-16(10-17-3)7-13-4-5-14(16)6-13/h11-14,17H,4-10H2,1-3H3. The molecule has 112 valence electrons. The van der Waals surface area contributed by atoms with Crippen LogP contribution in [-0.4, -0.2) is 28.4 Å². The molecule has 1 heterocycles. The van der Waals surface area contributed by atoms with Gasteiger partial charge in [0.25, 0.3) is 0 Å². The number of hydrogen-bond acceptors (Lipinski definition) is 3. The smallest absolute Gasteiger partial charge is 0.138 e. The van der Waals surface area contributed by atoms with Crippen LogP contribution < -0.4 is 5.32 Å². The van der Waals surface area contributed by atoms with Gasteiger partial charge in [0, 0.05) is 19.5 Å². The van der Waals surface area contributed by atoms with E-state index in [0.717, 1.165) is 31.3 Å². The lowest BCUT2D eigenvalue weighted by Crippen LogP contribution is -2.40. The van der Waals surface area contributed by atoms with Crippen molar-refractivity contribution in [2.24, 2.45) is 23.2 Å². The summed E-state index contributed by atoms with van der Waals surface area (Å²) in [6.45, 7) is 6.60. The Kier molecular flexibility index (Phi) is 3.85. The summed E-state index contributed by atoms with van der Waals surface area (Å²) < 4.78 is 2.13. The van der Waals surface area contributed by atoms with Crippen LogP contribution in [0.2, 0.25) is 0 Å². The third-order valence-electron chi connectivity index (χ3n) is 5.38. The molecular formula is C16H28N4. The Morgan fingerprint density at radius 3 is 2.90 bits per heavy atom. The molecule has 1 aromatic heterocycles. The van der Waals surface area contributed by atoms with Gasteiger partial charge in [0.1, 0.15) is 12.2 Å². The molecule has 0 amide bonds. The van der Waals surface area contributed by atoms with Gasteiger partial charge in [0.15, 0.2) is 0 Å². The van der Waals surface area contributed by atoms with E-state index in [1.807, 2.05) is 0 Å². The molecule has 0 aromatic carbocycles. The fraction of sp³-hybridized carbons (Fsp3) is 0.875. The summed E-state index contributed by atoms with van der Waals surface area (Å²) in [6.07, 6.45) is 8.53. The molecule has 0 aliphatic heterocycles. The van der Waals surface area contributed by atoms with Gasteiger partial charge < -0.3 is 5.32 Å². The van der Waals surface area contributed by atoms with Gasteiger partial charge in [-0.1, -0.05) is 20.3 Å². The molecule has 0 radical (unpaired) electrons. The summed E-state index contributed by atoms with van der Waals surface area (Å²) >= 11 is 0. The second-order valence-corrected chi connectivity index (χ2v) is 7.40. The third-order valence-corrected chi connectivity index (χ3v) is 5.38. The predicted molar refractivity (Wildman–Crippen MR) is 80.4 cm³/mol. The second-order valence-electron chi connectivity index (χ2n) is 7.40. The van der Waals surface area contributed by atoms with Crippen molar-refractivity contribution in [3.8, 4) is 0 Å². The summed E-state index contributed by atoms with van der Waals surface area (Å²) in [4.78, 5) is 4.57. The van der Waals surface area contributed by atoms with E-state index < -0.39 is 0 Å². The fourth-order valence-electron chi connectivity index (χ4n) is 4.64. The molecule has 2 saturated carbocycles. The third kappa shape index (κ3) is 2.50. The summed E-state index contributed by atoms with van der Waals surface area (Å²) in [6, 6.07) is 0. The van der Waals surface area contributed by atoms with Crippen molar-refractivity contribution in [1.82, 2.24) is 20.1 Å². The molecule has 3 rings (SSSR count). The minimum absolute atomic E-state index is 0.430. The van der Waals surface area contributed by atoms with Crippen LogP contribution in [0.4, 0.5) is 0 Å². The Labute approximate surface area is 122 Å². The van der Waals surface area contributed by atoms with Gasteiger partial charge in [-0.05, 0) is 49.5 Å². The zero-order valence-electron chi connectivity index (χ0n) is 13.1. The first-order valence-electron chi connectivity index (χ1n) is 8.14. The van der Waals surface area contributed by atoms with E-state index in [2.05, 4.69) is 41.0 Å². The summed E-state index contributed by atoms with van der Waals surface area (Å²) in [5.41, 5.74) is 0.430. The molecule has 4 heteroatoms. The van der Waals surface area contributed by atoms with Gasteiger partial charge in [0.05, 0.1) is 0 Å². The lowest BCUT2D eigenvalue weighted by atomic mass is 9.70. The highest BCUT2D eigenvalue weighted by atomic mass is 15.3. The fourth-order valence-corrected chi connectivity index (χ4v) is 4.64. The summed E-state index contributed by atoms with van der Waals surface area (Å²) in [5.74, 6) is 3.68. The van der Waals surface area contributed by atoms with E-state index in [9.17, 15) is 0 Å². The van der Waals surface area contributed by atoms with E-state index >= 15 is 0 Å². The van der Waals surface area contributed by atoms with Crippen LogP contribution >= 0.6 is 0 Å². The van der Waals surface area contributed by atoms with Crippen molar-refractivity contribution in [3.63, 3.8) is 0 Å². The van der Waals surface area contributed by atoms with E-state index in [-0.39, 0.29) is 0 Å².